The number of methoxy groups -OCH3 is 2. The van der Waals surface area contributed by atoms with Crippen molar-refractivity contribution in [2.45, 2.75) is 31.2 Å². The van der Waals surface area contributed by atoms with Gasteiger partial charge in [-0.3, -0.25) is 4.98 Å². The molecule has 4 nitrogen and oxygen atoms in total. The number of pyridine rings is 1. The van der Waals surface area contributed by atoms with Gasteiger partial charge in [-0.2, -0.15) is 0 Å². The molecule has 1 aliphatic carbocycles. The molecule has 5 heteroatoms. The normalized spacial score (nSPS) is 22.5. The third-order valence-corrected chi connectivity index (χ3v) is 4.21. The highest BCUT2D eigenvalue weighted by molar-refractivity contribution is 6.20. The van der Waals surface area contributed by atoms with Crippen molar-refractivity contribution in [1.29, 1.82) is 0 Å². The Bertz CT molecular complexity index is 414. The zero-order chi connectivity index (χ0) is 13.7. The Morgan fingerprint density at radius 2 is 2.21 bits per heavy atom. The monoisotopic (exact) mass is 284 g/mol. The lowest BCUT2D eigenvalue weighted by atomic mass is 10.1. The van der Waals surface area contributed by atoms with Gasteiger partial charge in [-0.25, -0.2) is 0 Å². The van der Waals surface area contributed by atoms with Crippen molar-refractivity contribution in [2.24, 2.45) is 5.92 Å². The summed E-state index contributed by atoms with van der Waals surface area (Å²) in [4.78, 5) is 4.34. The highest BCUT2D eigenvalue weighted by Gasteiger charge is 2.24. The molecule has 1 saturated carbocycles. The number of nitrogens with one attached hydrogen (secondary N) is 1. The van der Waals surface area contributed by atoms with E-state index in [-0.39, 0.29) is 0 Å². The molecule has 2 unspecified atom stereocenters. The fourth-order valence-corrected chi connectivity index (χ4v) is 2.94. The van der Waals surface area contributed by atoms with Crippen LogP contribution in [0.25, 0.3) is 0 Å². The van der Waals surface area contributed by atoms with Gasteiger partial charge in [0.15, 0.2) is 11.5 Å². The first kappa shape index (κ1) is 14.4. The van der Waals surface area contributed by atoms with Crippen LogP contribution in [0.15, 0.2) is 12.3 Å². The molecule has 0 saturated heterocycles. The molecule has 2 rings (SSSR count). The van der Waals surface area contributed by atoms with Crippen molar-refractivity contribution < 1.29 is 9.47 Å². The van der Waals surface area contributed by atoms with E-state index in [0.29, 0.717) is 29.3 Å². The molecule has 106 valence electrons. The largest absolute Gasteiger partial charge is 0.493 e. The second kappa shape index (κ2) is 6.96. The van der Waals surface area contributed by atoms with Crippen LogP contribution in [0.5, 0.6) is 11.5 Å². The van der Waals surface area contributed by atoms with Crippen molar-refractivity contribution in [3.05, 3.63) is 18.0 Å². The number of ether oxygens (including phenoxy) is 2. The minimum absolute atomic E-state index is 0.313. The second-order valence-electron chi connectivity index (χ2n) is 4.83. The van der Waals surface area contributed by atoms with Crippen LogP contribution in [0.1, 0.15) is 25.0 Å². The zero-order valence-electron chi connectivity index (χ0n) is 11.5. The molecule has 0 aliphatic heterocycles. The Balaban J connectivity index is 1.92. The Morgan fingerprint density at radius 1 is 1.37 bits per heavy atom. The maximum Gasteiger partial charge on any atom is 0.183 e. The van der Waals surface area contributed by atoms with Crippen LogP contribution in [0.3, 0.4) is 0 Å². The number of hydrogen-bond donors (Lipinski definition) is 1. The van der Waals surface area contributed by atoms with Crippen LogP contribution in [0.2, 0.25) is 0 Å². The molecular formula is C14H21ClN2O2. The number of rotatable bonds is 6. The summed E-state index contributed by atoms with van der Waals surface area (Å²) in [6.07, 6.45) is 5.32. The average molecular weight is 285 g/mol. The van der Waals surface area contributed by atoms with E-state index in [0.717, 1.165) is 18.7 Å². The zero-order valence-corrected chi connectivity index (χ0v) is 12.2. The van der Waals surface area contributed by atoms with E-state index >= 15 is 0 Å². The van der Waals surface area contributed by atoms with Gasteiger partial charge in [-0.05, 0) is 25.3 Å². The third kappa shape index (κ3) is 3.51. The quantitative estimate of drug-likeness (QED) is 0.816. The van der Waals surface area contributed by atoms with E-state index in [4.69, 9.17) is 21.1 Å². The van der Waals surface area contributed by atoms with Crippen molar-refractivity contribution in [3.63, 3.8) is 0 Å². The topological polar surface area (TPSA) is 43.4 Å². The minimum atomic E-state index is 0.313. The van der Waals surface area contributed by atoms with Crippen LogP contribution in [0.4, 0.5) is 0 Å². The number of aromatic nitrogens is 1. The van der Waals surface area contributed by atoms with Gasteiger partial charge >= 0.3 is 0 Å². The lowest BCUT2D eigenvalue weighted by Crippen LogP contribution is -2.25. The Hall–Kier alpha value is -1.00. The molecule has 1 fully saturated rings. The molecule has 0 amide bonds. The molecule has 1 N–H and O–H groups in total. The van der Waals surface area contributed by atoms with E-state index in [1.165, 1.54) is 12.8 Å². The lowest BCUT2D eigenvalue weighted by Gasteiger charge is -2.16. The molecule has 1 aromatic heterocycles. The van der Waals surface area contributed by atoms with E-state index < -0.39 is 0 Å². The first-order chi connectivity index (χ1) is 9.26. The number of nitrogens with zero attached hydrogens (tertiary/aromatic N) is 1. The van der Waals surface area contributed by atoms with Gasteiger partial charge in [0.25, 0.3) is 0 Å². The Labute approximate surface area is 119 Å². The molecule has 1 aliphatic rings. The van der Waals surface area contributed by atoms with Crippen molar-refractivity contribution in [1.82, 2.24) is 10.3 Å². The molecule has 0 spiro atoms. The predicted molar refractivity (Wildman–Crippen MR) is 76.0 cm³/mol. The van der Waals surface area contributed by atoms with Gasteiger partial charge in [0.2, 0.25) is 0 Å². The molecule has 0 bridgehead atoms. The number of hydrogen-bond acceptors (Lipinski definition) is 4. The summed E-state index contributed by atoms with van der Waals surface area (Å²) in [7, 11) is 3.26. The Morgan fingerprint density at radius 3 is 2.84 bits per heavy atom. The Kier molecular flexibility index (Phi) is 5.28. The van der Waals surface area contributed by atoms with Gasteiger partial charge in [0.05, 0.1) is 19.9 Å². The van der Waals surface area contributed by atoms with Gasteiger partial charge in [-0.15, -0.1) is 11.6 Å². The van der Waals surface area contributed by atoms with Gasteiger partial charge in [0, 0.05) is 24.2 Å². The van der Waals surface area contributed by atoms with Gasteiger partial charge in [-0.1, -0.05) is 6.42 Å². The number of alkyl halides is 1. The molecule has 1 heterocycles. The van der Waals surface area contributed by atoms with E-state index in [9.17, 15) is 0 Å². The van der Waals surface area contributed by atoms with E-state index in [1.807, 2.05) is 0 Å². The third-order valence-electron chi connectivity index (χ3n) is 3.63. The van der Waals surface area contributed by atoms with E-state index in [2.05, 4.69) is 10.3 Å². The minimum Gasteiger partial charge on any atom is -0.493 e. The predicted octanol–water partition coefficient (Wildman–Crippen LogP) is 2.60. The second-order valence-corrected chi connectivity index (χ2v) is 5.39. The summed E-state index contributed by atoms with van der Waals surface area (Å²) in [6, 6.07) is 1.80. The van der Waals surface area contributed by atoms with E-state index in [1.54, 1.807) is 26.5 Å². The van der Waals surface area contributed by atoms with Crippen LogP contribution >= 0.6 is 11.6 Å². The van der Waals surface area contributed by atoms with Gasteiger partial charge in [0.1, 0.15) is 0 Å². The molecule has 0 radical (unpaired) electrons. The lowest BCUT2D eigenvalue weighted by molar-refractivity contribution is 0.347. The fraction of sp³-hybridized carbons (Fsp3) is 0.643. The highest BCUT2D eigenvalue weighted by atomic mass is 35.5. The van der Waals surface area contributed by atoms with Crippen LogP contribution in [0, 0.1) is 5.92 Å². The van der Waals surface area contributed by atoms with Crippen molar-refractivity contribution >= 4 is 11.6 Å². The average Bonchev–Trinajstić information content (AvgIpc) is 2.84. The summed E-state index contributed by atoms with van der Waals surface area (Å²) in [6.45, 7) is 1.59. The highest BCUT2D eigenvalue weighted by Crippen LogP contribution is 2.30. The first-order valence-corrected chi connectivity index (χ1v) is 7.10. The summed E-state index contributed by atoms with van der Waals surface area (Å²) in [5.41, 5.74) is 0.867. The first-order valence-electron chi connectivity index (χ1n) is 6.67. The SMILES string of the molecule is COc1ccnc(CNCC2CCCC2Cl)c1OC. The van der Waals surface area contributed by atoms with Crippen LogP contribution < -0.4 is 14.8 Å². The summed E-state index contributed by atoms with van der Waals surface area (Å²) >= 11 is 6.27. The molecule has 0 aromatic carbocycles. The summed E-state index contributed by atoms with van der Waals surface area (Å²) < 4.78 is 10.6. The molecule has 2 atom stereocenters. The van der Waals surface area contributed by atoms with Crippen LogP contribution in [-0.4, -0.2) is 31.1 Å². The maximum atomic E-state index is 6.27. The number of halogens is 1. The molecule has 19 heavy (non-hydrogen) atoms. The van der Waals surface area contributed by atoms with Gasteiger partial charge < -0.3 is 14.8 Å². The maximum absolute atomic E-state index is 6.27. The molecular weight excluding hydrogens is 264 g/mol. The molecule has 1 aromatic rings. The standard InChI is InChI=1S/C14H21ClN2O2/c1-18-13-6-7-17-12(14(13)19-2)9-16-8-10-4-3-5-11(10)15/h6-7,10-11,16H,3-5,8-9H2,1-2H3. The smallest absolute Gasteiger partial charge is 0.183 e. The van der Waals surface area contributed by atoms with Crippen molar-refractivity contribution in [3.8, 4) is 11.5 Å². The van der Waals surface area contributed by atoms with Crippen molar-refractivity contribution in [2.75, 3.05) is 20.8 Å². The summed E-state index contributed by atoms with van der Waals surface area (Å²) in [5.74, 6) is 1.98. The summed E-state index contributed by atoms with van der Waals surface area (Å²) in [5, 5.41) is 3.73. The van der Waals surface area contributed by atoms with Crippen LogP contribution in [-0.2, 0) is 6.54 Å². The fourth-order valence-electron chi connectivity index (χ4n) is 2.57.